The number of halogens is 1. The van der Waals surface area contributed by atoms with Gasteiger partial charge in [0.05, 0.1) is 16.7 Å². The third-order valence-electron chi connectivity index (χ3n) is 3.28. The van der Waals surface area contributed by atoms with Gasteiger partial charge in [0, 0.05) is 18.6 Å². The fourth-order valence-corrected chi connectivity index (χ4v) is 3.38. The third-order valence-corrected chi connectivity index (χ3v) is 5.16. The molecule has 1 aliphatic rings. The first-order chi connectivity index (χ1) is 8.92. The molecule has 0 bridgehead atoms. The summed E-state index contributed by atoms with van der Waals surface area (Å²) in [5.41, 5.74) is -0.00967. The molecule has 1 aliphatic carbocycles. The Bertz CT molecular complexity index is 633. The van der Waals surface area contributed by atoms with Crippen LogP contribution in [0, 0.1) is 16.7 Å². The summed E-state index contributed by atoms with van der Waals surface area (Å²) >= 11 is 5.87. The molecular formula is C12H13ClN2O3S. The van der Waals surface area contributed by atoms with Gasteiger partial charge in [-0.1, -0.05) is 11.6 Å². The zero-order chi connectivity index (χ0) is 14.1. The van der Waals surface area contributed by atoms with Gasteiger partial charge in [-0.25, -0.2) is 13.1 Å². The summed E-state index contributed by atoms with van der Waals surface area (Å²) < 4.78 is 26.6. The maximum absolute atomic E-state index is 12.1. The molecule has 2 N–H and O–H groups in total. The topological polar surface area (TPSA) is 90.2 Å². The van der Waals surface area contributed by atoms with Crippen LogP contribution in [-0.4, -0.2) is 26.7 Å². The van der Waals surface area contributed by atoms with Gasteiger partial charge in [-0.05, 0) is 31.0 Å². The second kappa shape index (κ2) is 5.10. The van der Waals surface area contributed by atoms with Gasteiger partial charge in [-0.15, -0.1) is 0 Å². The van der Waals surface area contributed by atoms with E-state index in [1.54, 1.807) is 0 Å². The normalized spacial score (nSPS) is 16.9. The van der Waals surface area contributed by atoms with Crippen molar-refractivity contribution in [2.24, 2.45) is 5.41 Å². The largest absolute Gasteiger partial charge is 0.396 e. The molecule has 0 atom stereocenters. The van der Waals surface area contributed by atoms with E-state index in [2.05, 4.69) is 4.72 Å². The van der Waals surface area contributed by atoms with Gasteiger partial charge >= 0.3 is 0 Å². The standard InChI is InChI=1S/C12H13ClN2O3S/c13-10-5-9(6-14)1-2-11(10)19(17,18)15-7-12(8-16)3-4-12/h1-2,5,15-16H,3-4,7-8H2. The van der Waals surface area contributed by atoms with Crippen molar-refractivity contribution in [2.45, 2.75) is 17.7 Å². The Morgan fingerprint density at radius 1 is 1.47 bits per heavy atom. The summed E-state index contributed by atoms with van der Waals surface area (Å²) in [5, 5.41) is 17.9. The van der Waals surface area contributed by atoms with Crippen molar-refractivity contribution < 1.29 is 13.5 Å². The van der Waals surface area contributed by atoms with Gasteiger partial charge in [-0.2, -0.15) is 5.26 Å². The second-order valence-corrected chi connectivity index (χ2v) is 6.88. The summed E-state index contributed by atoms with van der Waals surface area (Å²) in [4.78, 5) is -0.0538. The van der Waals surface area contributed by atoms with Crippen molar-refractivity contribution >= 4 is 21.6 Å². The van der Waals surface area contributed by atoms with Crippen molar-refractivity contribution in [2.75, 3.05) is 13.2 Å². The molecule has 1 saturated carbocycles. The van der Waals surface area contributed by atoms with Crippen LogP contribution in [0.25, 0.3) is 0 Å². The van der Waals surface area contributed by atoms with E-state index in [-0.39, 0.29) is 28.5 Å². The first-order valence-electron chi connectivity index (χ1n) is 5.73. The summed E-state index contributed by atoms with van der Waals surface area (Å²) in [6, 6.07) is 5.91. The first-order valence-corrected chi connectivity index (χ1v) is 7.59. The Balaban J connectivity index is 2.18. The molecular weight excluding hydrogens is 288 g/mol. The number of aliphatic hydroxyl groups excluding tert-OH is 1. The molecule has 0 spiro atoms. The van der Waals surface area contributed by atoms with E-state index < -0.39 is 10.0 Å². The van der Waals surface area contributed by atoms with Crippen molar-refractivity contribution in [3.05, 3.63) is 28.8 Å². The van der Waals surface area contributed by atoms with Crippen LogP contribution < -0.4 is 4.72 Å². The molecule has 102 valence electrons. The molecule has 1 fully saturated rings. The lowest BCUT2D eigenvalue weighted by Crippen LogP contribution is -2.32. The van der Waals surface area contributed by atoms with Crippen molar-refractivity contribution in [3.8, 4) is 6.07 Å². The Morgan fingerprint density at radius 3 is 2.63 bits per heavy atom. The molecule has 0 heterocycles. The average Bonchev–Trinajstić information content (AvgIpc) is 3.17. The number of nitrogens with one attached hydrogen (secondary N) is 1. The maximum atomic E-state index is 12.1. The van der Waals surface area contributed by atoms with Crippen LogP contribution in [0.2, 0.25) is 5.02 Å². The molecule has 0 amide bonds. The molecule has 2 rings (SSSR count). The van der Waals surface area contributed by atoms with E-state index in [1.807, 2.05) is 6.07 Å². The number of hydrogen-bond donors (Lipinski definition) is 2. The summed E-state index contributed by atoms with van der Waals surface area (Å²) in [5.74, 6) is 0. The molecule has 19 heavy (non-hydrogen) atoms. The van der Waals surface area contributed by atoms with Crippen LogP contribution >= 0.6 is 11.6 Å². The number of nitrogens with zero attached hydrogens (tertiary/aromatic N) is 1. The van der Waals surface area contributed by atoms with Gasteiger partial charge < -0.3 is 5.11 Å². The van der Waals surface area contributed by atoms with Crippen molar-refractivity contribution in [1.82, 2.24) is 4.72 Å². The monoisotopic (exact) mass is 300 g/mol. The Hall–Kier alpha value is -1.13. The molecule has 0 aromatic heterocycles. The zero-order valence-corrected chi connectivity index (χ0v) is 11.6. The lowest BCUT2D eigenvalue weighted by molar-refractivity contribution is 0.213. The highest BCUT2D eigenvalue weighted by molar-refractivity contribution is 7.89. The zero-order valence-electron chi connectivity index (χ0n) is 10.1. The van der Waals surface area contributed by atoms with Gasteiger partial charge in [0.25, 0.3) is 0 Å². The molecule has 5 nitrogen and oxygen atoms in total. The molecule has 0 aliphatic heterocycles. The number of aliphatic hydroxyl groups is 1. The molecule has 0 saturated heterocycles. The van der Waals surface area contributed by atoms with E-state index in [9.17, 15) is 8.42 Å². The summed E-state index contributed by atoms with van der Waals surface area (Å²) in [7, 11) is -3.72. The SMILES string of the molecule is N#Cc1ccc(S(=O)(=O)NCC2(CO)CC2)c(Cl)c1. The van der Waals surface area contributed by atoms with Crippen LogP contribution in [0.3, 0.4) is 0 Å². The van der Waals surface area contributed by atoms with Gasteiger partial charge in [0.2, 0.25) is 10.0 Å². The Kier molecular flexibility index (Phi) is 3.83. The van der Waals surface area contributed by atoms with Crippen LogP contribution in [0.1, 0.15) is 18.4 Å². The first kappa shape index (κ1) is 14.3. The predicted octanol–water partition coefficient (Wildman–Crippen LogP) is 1.26. The third kappa shape index (κ3) is 3.07. The minimum absolute atomic E-state index is 0.0143. The summed E-state index contributed by atoms with van der Waals surface area (Å²) in [6.07, 6.45) is 1.63. The fourth-order valence-electron chi connectivity index (χ4n) is 1.68. The number of benzene rings is 1. The van der Waals surface area contributed by atoms with E-state index in [1.165, 1.54) is 18.2 Å². The minimum Gasteiger partial charge on any atom is -0.396 e. The number of nitriles is 1. The fraction of sp³-hybridized carbons (Fsp3) is 0.417. The highest BCUT2D eigenvalue weighted by Crippen LogP contribution is 2.44. The molecule has 0 unspecified atom stereocenters. The molecule has 7 heteroatoms. The lowest BCUT2D eigenvalue weighted by atomic mass is 10.1. The van der Waals surface area contributed by atoms with E-state index in [0.29, 0.717) is 5.56 Å². The molecule has 1 aromatic rings. The maximum Gasteiger partial charge on any atom is 0.242 e. The van der Waals surface area contributed by atoms with Crippen LogP contribution in [0.15, 0.2) is 23.1 Å². The highest BCUT2D eigenvalue weighted by atomic mass is 35.5. The predicted molar refractivity (Wildman–Crippen MR) is 70.1 cm³/mol. The van der Waals surface area contributed by atoms with Crippen LogP contribution in [0.4, 0.5) is 0 Å². The van der Waals surface area contributed by atoms with Crippen LogP contribution in [-0.2, 0) is 10.0 Å². The number of sulfonamides is 1. The summed E-state index contributed by atoms with van der Waals surface area (Å²) in [6.45, 7) is 0.165. The molecule has 1 aromatic carbocycles. The second-order valence-electron chi connectivity index (χ2n) is 4.74. The van der Waals surface area contributed by atoms with Crippen LogP contribution in [0.5, 0.6) is 0 Å². The number of hydrogen-bond acceptors (Lipinski definition) is 4. The number of rotatable bonds is 5. The minimum atomic E-state index is -3.72. The smallest absolute Gasteiger partial charge is 0.242 e. The van der Waals surface area contributed by atoms with Crippen molar-refractivity contribution in [3.63, 3.8) is 0 Å². The van der Waals surface area contributed by atoms with Gasteiger partial charge in [0.15, 0.2) is 0 Å². The Labute approximate surface area is 116 Å². The van der Waals surface area contributed by atoms with E-state index >= 15 is 0 Å². The molecule has 0 radical (unpaired) electrons. The van der Waals surface area contributed by atoms with Gasteiger partial charge in [0.1, 0.15) is 4.90 Å². The van der Waals surface area contributed by atoms with Gasteiger partial charge in [-0.3, -0.25) is 0 Å². The van der Waals surface area contributed by atoms with E-state index in [4.69, 9.17) is 22.0 Å². The van der Waals surface area contributed by atoms with Crippen molar-refractivity contribution in [1.29, 1.82) is 5.26 Å². The lowest BCUT2D eigenvalue weighted by Gasteiger charge is -2.13. The average molecular weight is 301 g/mol. The Morgan fingerprint density at radius 2 is 2.16 bits per heavy atom. The highest BCUT2D eigenvalue weighted by Gasteiger charge is 2.42. The quantitative estimate of drug-likeness (QED) is 0.856. The van der Waals surface area contributed by atoms with E-state index in [0.717, 1.165) is 12.8 Å².